The number of alkyl halides is 3. The molecule has 0 bridgehead atoms. The molecule has 2 aromatic rings. The second-order valence-corrected chi connectivity index (χ2v) is 7.37. The van der Waals surface area contributed by atoms with Crippen LogP contribution in [0.25, 0.3) is 0 Å². The predicted octanol–water partition coefficient (Wildman–Crippen LogP) is 5.21. The monoisotopic (exact) mass is 424 g/mol. The van der Waals surface area contributed by atoms with E-state index in [9.17, 15) is 17.6 Å². The average molecular weight is 424 g/mol. The summed E-state index contributed by atoms with van der Waals surface area (Å²) in [7, 11) is 1.86. The fourth-order valence-electron chi connectivity index (χ4n) is 3.14. The zero-order valence-corrected chi connectivity index (χ0v) is 17.1. The van der Waals surface area contributed by atoms with Gasteiger partial charge in [0.2, 0.25) is 0 Å². The van der Waals surface area contributed by atoms with E-state index in [1.54, 1.807) is 19.3 Å². The first-order chi connectivity index (χ1) is 14.2. The maximum absolute atomic E-state index is 14.9. The Morgan fingerprint density at radius 3 is 2.53 bits per heavy atom. The zero-order valence-electron chi connectivity index (χ0n) is 17.1. The first-order valence-electron chi connectivity index (χ1n) is 9.58. The third kappa shape index (κ3) is 4.65. The number of aliphatic imine (C=N–C) groups is 1. The van der Waals surface area contributed by atoms with Crippen molar-refractivity contribution in [2.45, 2.75) is 32.2 Å². The number of hydrogen-bond acceptors (Lipinski definition) is 3. The molecule has 1 aliphatic rings. The van der Waals surface area contributed by atoms with Crippen molar-refractivity contribution in [1.29, 1.82) is 0 Å². The third-order valence-corrected chi connectivity index (χ3v) is 5.17. The maximum Gasteiger partial charge on any atom is 0.416 e. The number of nitrogens with zero attached hydrogens (tertiary/aromatic N) is 2. The van der Waals surface area contributed by atoms with Gasteiger partial charge in [0.05, 0.1) is 37.4 Å². The van der Waals surface area contributed by atoms with Gasteiger partial charge in [-0.25, -0.2) is 9.38 Å². The molecule has 0 radical (unpaired) electrons. The highest BCUT2D eigenvalue weighted by Gasteiger charge is 2.44. The van der Waals surface area contributed by atoms with Gasteiger partial charge in [0, 0.05) is 25.2 Å². The second-order valence-electron chi connectivity index (χ2n) is 7.37. The van der Waals surface area contributed by atoms with Crippen LogP contribution in [0, 0.1) is 12.7 Å². The molecule has 1 saturated heterocycles. The molecule has 0 aromatic heterocycles. The van der Waals surface area contributed by atoms with Crippen molar-refractivity contribution >= 4 is 12.0 Å². The Hall–Kier alpha value is -2.45. The molecule has 1 aliphatic heterocycles. The zero-order chi connectivity index (χ0) is 21.9. The fourth-order valence-corrected chi connectivity index (χ4v) is 3.14. The molecule has 0 saturated carbocycles. The lowest BCUT2D eigenvalue weighted by molar-refractivity contribution is -0.225. The van der Waals surface area contributed by atoms with E-state index in [0.717, 1.165) is 18.2 Å². The number of hydrogen-bond donors (Lipinski definition) is 0. The molecule has 2 aromatic carbocycles. The lowest BCUT2D eigenvalue weighted by Crippen LogP contribution is -2.49. The minimum Gasteiger partial charge on any atom is -0.375 e. The average Bonchev–Trinajstić information content (AvgIpc) is 2.67. The summed E-state index contributed by atoms with van der Waals surface area (Å²) in [6, 6.07) is 8.16. The Balaban J connectivity index is 1.86. The molecule has 4 nitrogen and oxygen atoms in total. The van der Waals surface area contributed by atoms with Crippen molar-refractivity contribution in [3.05, 3.63) is 64.5 Å². The number of ether oxygens (including phenoxy) is 2. The predicted molar refractivity (Wildman–Crippen MR) is 106 cm³/mol. The van der Waals surface area contributed by atoms with Crippen LogP contribution in [0.2, 0.25) is 0 Å². The standard InChI is InChI=1S/C22H24F4N2O2/c1-4-28(3)14-27-20-10-19(23)18(9-15(20)2)21(12-29-13-21)30-11-16-7-5-6-8-17(16)22(24,25)26/h5-10,14H,4,11-13H2,1-3H3. The largest absolute Gasteiger partial charge is 0.416 e. The van der Waals surface area contributed by atoms with E-state index in [-0.39, 0.29) is 30.9 Å². The van der Waals surface area contributed by atoms with Gasteiger partial charge in [0.15, 0.2) is 0 Å². The van der Waals surface area contributed by atoms with Crippen LogP contribution in [0.4, 0.5) is 23.2 Å². The molecular formula is C22H24F4N2O2. The Kier molecular flexibility index (Phi) is 6.47. The molecule has 0 aliphatic carbocycles. The van der Waals surface area contributed by atoms with Crippen LogP contribution < -0.4 is 0 Å². The molecule has 0 spiro atoms. The quantitative estimate of drug-likeness (QED) is 0.348. The lowest BCUT2D eigenvalue weighted by atomic mass is 9.89. The van der Waals surface area contributed by atoms with Gasteiger partial charge in [0.25, 0.3) is 0 Å². The summed E-state index contributed by atoms with van der Waals surface area (Å²) in [6.45, 7) is 4.36. The summed E-state index contributed by atoms with van der Waals surface area (Å²) in [6.07, 6.45) is -2.87. The van der Waals surface area contributed by atoms with E-state index in [1.807, 2.05) is 18.9 Å². The molecule has 30 heavy (non-hydrogen) atoms. The van der Waals surface area contributed by atoms with Crippen LogP contribution in [-0.2, 0) is 27.9 Å². The summed E-state index contributed by atoms with van der Waals surface area (Å²) in [5.74, 6) is -0.528. The number of aryl methyl sites for hydroxylation is 1. The first-order valence-corrected chi connectivity index (χ1v) is 9.58. The van der Waals surface area contributed by atoms with Gasteiger partial charge in [0.1, 0.15) is 11.4 Å². The minimum atomic E-state index is -4.49. The molecule has 0 atom stereocenters. The van der Waals surface area contributed by atoms with E-state index in [4.69, 9.17) is 9.47 Å². The van der Waals surface area contributed by atoms with E-state index in [2.05, 4.69) is 4.99 Å². The number of rotatable bonds is 7. The van der Waals surface area contributed by atoms with E-state index in [1.165, 1.54) is 24.3 Å². The topological polar surface area (TPSA) is 34.1 Å². The van der Waals surface area contributed by atoms with Gasteiger partial charge >= 0.3 is 6.18 Å². The highest BCUT2D eigenvalue weighted by molar-refractivity contribution is 5.63. The molecule has 8 heteroatoms. The van der Waals surface area contributed by atoms with Crippen LogP contribution in [-0.4, -0.2) is 38.0 Å². The highest BCUT2D eigenvalue weighted by atomic mass is 19.4. The van der Waals surface area contributed by atoms with Crippen molar-refractivity contribution in [2.24, 2.45) is 4.99 Å². The molecule has 3 rings (SSSR count). The van der Waals surface area contributed by atoms with Crippen molar-refractivity contribution in [1.82, 2.24) is 4.90 Å². The molecule has 0 N–H and O–H groups in total. The smallest absolute Gasteiger partial charge is 0.375 e. The van der Waals surface area contributed by atoms with Crippen molar-refractivity contribution in [3.63, 3.8) is 0 Å². The van der Waals surface area contributed by atoms with Crippen LogP contribution in [0.3, 0.4) is 0 Å². The Bertz CT molecular complexity index is 924. The van der Waals surface area contributed by atoms with E-state index >= 15 is 0 Å². The first kappa shape index (κ1) is 22.2. The Morgan fingerprint density at radius 1 is 1.23 bits per heavy atom. The SMILES string of the molecule is CCN(C)C=Nc1cc(F)c(C2(OCc3ccccc3C(F)(F)F)COC2)cc1C. The van der Waals surface area contributed by atoms with Crippen molar-refractivity contribution in [2.75, 3.05) is 26.8 Å². The molecule has 1 heterocycles. The lowest BCUT2D eigenvalue weighted by Gasteiger charge is -2.42. The van der Waals surface area contributed by atoms with Crippen molar-refractivity contribution in [3.8, 4) is 0 Å². The van der Waals surface area contributed by atoms with Crippen LogP contribution in [0.1, 0.15) is 29.2 Å². The molecule has 0 amide bonds. The van der Waals surface area contributed by atoms with E-state index < -0.39 is 23.2 Å². The normalized spacial score (nSPS) is 16.0. The molecule has 1 fully saturated rings. The Labute approximate surface area is 173 Å². The van der Waals surface area contributed by atoms with Gasteiger partial charge in [-0.15, -0.1) is 0 Å². The molecular weight excluding hydrogens is 400 g/mol. The maximum atomic E-state index is 14.9. The van der Waals surface area contributed by atoms with Gasteiger partial charge < -0.3 is 14.4 Å². The van der Waals surface area contributed by atoms with Gasteiger partial charge in [-0.2, -0.15) is 13.2 Å². The number of benzene rings is 2. The summed E-state index contributed by atoms with van der Waals surface area (Å²) in [4.78, 5) is 6.16. The minimum absolute atomic E-state index is 0.00257. The second kappa shape index (κ2) is 8.73. The highest BCUT2D eigenvalue weighted by Crippen LogP contribution is 2.40. The summed E-state index contributed by atoms with van der Waals surface area (Å²) in [5, 5.41) is 0. The molecule has 0 unspecified atom stereocenters. The summed E-state index contributed by atoms with van der Waals surface area (Å²) < 4.78 is 65.8. The molecule has 162 valence electrons. The van der Waals surface area contributed by atoms with Crippen LogP contribution in [0.15, 0.2) is 41.4 Å². The van der Waals surface area contributed by atoms with Gasteiger partial charge in [-0.3, -0.25) is 0 Å². The Morgan fingerprint density at radius 2 is 1.93 bits per heavy atom. The van der Waals surface area contributed by atoms with Gasteiger partial charge in [-0.1, -0.05) is 18.2 Å². The van der Waals surface area contributed by atoms with E-state index in [0.29, 0.717) is 5.69 Å². The summed E-state index contributed by atoms with van der Waals surface area (Å²) in [5.41, 5.74) is -0.416. The number of halogens is 4. The van der Waals surface area contributed by atoms with Crippen LogP contribution >= 0.6 is 0 Å². The fraction of sp³-hybridized carbons (Fsp3) is 0.409. The van der Waals surface area contributed by atoms with Crippen molar-refractivity contribution < 1.29 is 27.0 Å². The van der Waals surface area contributed by atoms with Gasteiger partial charge in [-0.05, 0) is 37.1 Å². The van der Waals surface area contributed by atoms with Crippen LogP contribution in [0.5, 0.6) is 0 Å². The third-order valence-electron chi connectivity index (χ3n) is 5.17. The summed E-state index contributed by atoms with van der Waals surface area (Å²) >= 11 is 0.